The highest BCUT2D eigenvalue weighted by atomic mass is 127. The fourth-order valence-electron chi connectivity index (χ4n) is 2.93. The summed E-state index contributed by atoms with van der Waals surface area (Å²) in [7, 11) is 1.84. The summed E-state index contributed by atoms with van der Waals surface area (Å²) in [5, 5.41) is 7.98. The zero-order chi connectivity index (χ0) is 16.2. The van der Waals surface area contributed by atoms with Gasteiger partial charge in [0, 0.05) is 37.6 Å². The van der Waals surface area contributed by atoms with Gasteiger partial charge in [0.25, 0.3) is 0 Å². The molecule has 0 aliphatic heterocycles. The van der Waals surface area contributed by atoms with E-state index >= 15 is 0 Å². The molecular formula is C17H30IN5S. The number of rotatable bonds is 8. The van der Waals surface area contributed by atoms with Crippen molar-refractivity contribution in [1.82, 2.24) is 20.5 Å². The first-order chi connectivity index (χ1) is 11.2. The third kappa shape index (κ3) is 6.15. The predicted molar refractivity (Wildman–Crippen MR) is 113 cm³/mol. The molecule has 2 N–H and O–H groups in total. The van der Waals surface area contributed by atoms with Crippen LogP contribution in [0.5, 0.6) is 0 Å². The summed E-state index contributed by atoms with van der Waals surface area (Å²) in [4.78, 5) is 12.8. The first kappa shape index (κ1) is 19.9. The van der Waals surface area contributed by atoms with Gasteiger partial charge in [0.1, 0.15) is 0 Å². The largest absolute Gasteiger partial charge is 0.355 e. The molecule has 0 unspecified atom stereocenters. The standard InChI is InChI=1S/C17H29N5S.HI/c1-12-16(23-13(2)21-12)10-20-17(18-3)19-8-9-22(15-6-7-15)11-14-4-5-14;/h14-15H,4-11H2,1-3H3,(H2,18,19,20);1H. The summed E-state index contributed by atoms with van der Waals surface area (Å²) in [6.45, 7) is 8.32. The quantitative estimate of drug-likeness (QED) is 0.354. The van der Waals surface area contributed by atoms with Gasteiger partial charge >= 0.3 is 0 Å². The minimum atomic E-state index is 0. The van der Waals surface area contributed by atoms with E-state index in [1.165, 1.54) is 37.1 Å². The molecule has 0 amide bonds. The number of aryl methyl sites for hydroxylation is 2. The topological polar surface area (TPSA) is 52.6 Å². The molecule has 0 saturated heterocycles. The minimum Gasteiger partial charge on any atom is -0.355 e. The Kier molecular flexibility index (Phi) is 7.74. The highest BCUT2D eigenvalue weighted by molar-refractivity contribution is 14.0. The highest BCUT2D eigenvalue weighted by Crippen LogP contribution is 2.34. The fourth-order valence-corrected chi connectivity index (χ4v) is 3.81. The number of thiazole rings is 1. The maximum Gasteiger partial charge on any atom is 0.191 e. The molecule has 7 heteroatoms. The van der Waals surface area contributed by atoms with E-state index < -0.39 is 0 Å². The van der Waals surface area contributed by atoms with Crippen LogP contribution in [0.2, 0.25) is 0 Å². The number of hydrogen-bond donors (Lipinski definition) is 2. The zero-order valence-electron chi connectivity index (χ0n) is 15.0. The number of nitrogens with zero attached hydrogens (tertiary/aromatic N) is 3. The van der Waals surface area contributed by atoms with Gasteiger partial charge in [-0.25, -0.2) is 4.98 Å². The van der Waals surface area contributed by atoms with Crippen LogP contribution in [0.15, 0.2) is 4.99 Å². The van der Waals surface area contributed by atoms with Crippen molar-refractivity contribution in [2.45, 2.75) is 52.1 Å². The number of guanidine groups is 1. The average molecular weight is 463 g/mol. The third-order valence-corrected chi connectivity index (χ3v) is 5.66. The predicted octanol–water partition coefficient (Wildman–Crippen LogP) is 2.92. The second-order valence-corrected chi connectivity index (χ2v) is 8.05. The number of halogens is 1. The van der Waals surface area contributed by atoms with Gasteiger partial charge in [-0.05, 0) is 45.4 Å². The Labute approximate surface area is 166 Å². The summed E-state index contributed by atoms with van der Waals surface area (Å²) in [6, 6.07) is 0.857. The fraction of sp³-hybridized carbons (Fsp3) is 0.765. The summed E-state index contributed by atoms with van der Waals surface area (Å²) in [5.74, 6) is 1.86. The number of aromatic nitrogens is 1. The van der Waals surface area contributed by atoms with Crippen molar-refractivity contribution in [1.29, 1.82) is 0 Å². The zero-order valence-corrected chi connectivity index (χ0v) is 18.1. The Balaban J connectivity index is 0.00000208. The van der Waals surface area contributed by atoms with Crippen molar-refractivity contribution >= 4 is 41.3 Å². The molecule has 1 aromatic rings. The van der Waals surface area contributed by atoms with Crippen LogP contribution in [0.1, 0.15) is 41.3 Å². The lowest BCUT2D eigenvalue weighted by atomic mass is 10.3. The Bertz CT molecular complexity index is 551. The van der Waals surface area contributed by atoms with Crippen molar-refractivity contribution in [3.8, 4) is 0 Å². The van der Waals surface area contributed by atoms with Crippen molar-refractivity contribution in [3.63, 3.8) is 0 Å². The van der Waals surface area contributed by atoms with Gasteiger partial charge in [-0.3, -0.25) is 9.89 Å². The molecule has 0 atom stereocenters. The molecule has 0 radical (unpaired) electrons. The Morgan fingerprint density at radius 2 is 2.00 bits per heavy atom. The molecule has 1 heterocycles. The summed E-state index contributed by atoms with van der Waals surface area (Å²) in [6.07, 6.45) is 5.66. The first-order valence-corrected chi connectivity index (χ1v) is 9.59. The average Bonchev–Trinajstić information content (AvgIpc) is 3.42. The SMILES string of the molecule is CN=C(NCCN(CC1CC1)C1CC1)NCc1sc(C)nc1C.I. The van der Waals surface area contributed by atoms with Crippen LogP contribution in [0.25, 0.3) is 0 Å². The second kappa shape index (κ2) is 9.33. The monoisotopic (exact) mass is 463 g/mol. The summed E-state index contributed by atoms with van der Waals surface area (Å²) in [5.41, 5.74) is 1.12. The van der Waals surface area contributed by atoms with Gasteiger partial charge in [0.2, 0.25) is 0 Å². The van der Waals surface area contributed by atoms with E-state index in [4.69, 9.17) is 0 Å². The molecule has 3 rings (SSSR count). The number of aliphatic imine (C=N–C) groups is 1. The minimum absolute atomic E-state index is 0. The lowest BCUT2D eigenvalue weighted by Crippen LogP contribution is -2.42. The van der Waals surface area contributed by atoms with Gasteiger partial charge in [0.15, 0.2) is 5.96 Å². The molecule has 2 aliphatic carbocycles. The molecule has 0 aromatic carbocycles. The molecule has 136 valence electrons. The lowest BCUT2D eigenvalue weighted by Gasteiger charge is -2.22. The van der Waals surface area contributed by atoms with Gasteiger partial charge in [-0.15, -0.1) is 35.3 Å². The first-order valence-electron chi connectivity index (χ1n) is 8.77. The molecule has 0 spiro atoms. The molecule has 2 fully saturated rings. The van der Waals surface area contributed by atoms with Crippen LogP contribution in [-0.2, 0) is 6.54 Å². The van der Waals surface area contributed by atoms with E-state index in [9.17, 15) is 0 Å². The maximum absolute atomic E-state index is 4.47. The van der Waals surface area contributed by atoms with E-state index in [2.05, 4.69) is 39.4 Å². The van der Waals surface area contributed by atoms with Crippen LogP contribution in [0.4, 0.5) is 0 Å². The van der Waals surface area contributed by atoms with E-state index in [0.717, 1.165) is 48.3 Å². The smallest absolute Gasteiger partial charge is 0.191 e. The Morgan fingerprint density at radius 1 is 1.25 bits per heavy atom. The molecule has 0 bridgehead atoms. The third-order valence-electron chi connectivity index (χ3n) is 4.58. The van der Waals surface area contributed by atoms with Gasteiger partial charge in [-0.2, -0.15) is 0 Å². The molecular weight excluding hydrogens is 433 g/mol. The van der Waals surface area contributed by atoms with E-state index in [-0.39, 0.29) is 24.0 Å². The van der Waals surface area contributed by atoms with Crippen LogP contribution < -0.4 is 10.6 Å². The molecule has 5 nitrogen and oxygen atoms in total. The normalized spacial score (nSPS) is 17.8. The van der Waals surface area contributed by atoms with Crippen molar-refractivity contribution < 1.29 is 0 Å². The van der Waals surface area contributed by atoms with Crippen LogP contribution in [-0.4, -0.2) is 48.6 Å². The van der Waals surface area contributed by atoms with E-state index in [0.29, 0.717) is 0 Å². The number of hydrogen-bond acceptors (Lipinski definition) is 4. The van der Waals surface area contributed by atoms with Crippen LogP contribution in [0, 0.1) is 19.8 Å². The number of nitrogens with one attached hydrogen (secondary N) is 2. The molecule has 24 heavy (non-hydrogen) atoms. The van der Waals surface area contributed by atoms with Crippen LogP contribution >= 0.6 is 35.3 Å². The van der Waals surface area contributed by atoms with Crippen molar-refractivity contribution in [3.05, 3.63) is 15.6 Å². The summed E-state index contributed by atoms with van der Waals surface area (Å²) >= 11 is 1.76. The van der Waals surface area contributed by atoms with Gasteiger partial charge < -0.3 is 10.6 Å². The molecule has 2 saturated carbocycles. The maximum atomic E-state index is 4.47. The van der Waals surface area contributed by atoms with E-state index in [1.54, 1.807) is 11.3 Å². The van der Waals surface area contributed by atoms with Crippen molar-refractivity contribution in [2.24, 2.45) is 10.9 Å². The Hall–Kier alpha value is -0.410. The highest BCUT2D eigenvalue weighted by Gasteiger charge is 2.33. The van der Waals surface area contributed by atoms with Gasteiger partial charge in [-0.1, -0.05) is 0 Å². The molecule has 1 aromatic heterocycles. The second-order valence-electron chi connectivity index (χ2n) is 6.76. The lowest BCUT2D eigenvalue weighted by molar-refractivity contribution is 0.256. The van der Waals surface area contributed by atoms with E-state index in [1.807, 2.05) is 7.05 Å². The van der Waals surface area contributed by atoms with Gasteiger partial charge in [0.05, 0.1) is 17.2 Å². The van der Waals surface area contributed by atoms with Crippen molar-refractivity contribution in [2.75, 3.05) is 26.7 Å². The summed E-state index contributed by atoms with van der Waals surface area (Å²) < 4.78 is 0. The Morgan fingerprint density at radius 3 is 2.54 bits per heavy atom. The molecule has 2 aliphatic rings. The van der Waals surface area contributed by atoms with Crippen LogP contribution in [0.3, 0.4) is 0 Å².